The number of carbonyl (C=O) groups is 1. The van der Waals surface area contributed by atoms with Crippen LogP contribution in [0.25, 0.3) is 0 Å². The number of hydrogen-bond acceptors (Lipinski definition) is 5. The van der Waals surface area contributed by atoms with Crippen molar-refractivity contribution >= 4 is 11.7 Å². The van der Waals surface area contributed by atoms with E-state index in [1.54, 1.807) is 6.07 Å². The Hall–Kier alpha value is -2.15. The van der Waals surface area contributed by atoms with E-state index < -0.39 is 16.9 Å². The van der Waals surface area contributed by atoms with Crippen molar-refractivity contribution < 1.29 is 19.6 Å². The molecule has 0 aliphatic rings. The number of nitrogens with zero attached hydrogens (tertiary/aromatic N) is 1. The molecule has 1 rings (SSSR count). The SMILES string of the molecule is CC[C@H](C)[C@H](NCc1ccc(OC)c([N+](=O)[O-])c1)C(=O)O. The summed E-state index contributed by atoms with van der Waals surface area (Å²) in [5, 5.41) is 23.1. The summed E-state index contributed by atoms with van der Waals surface area (Å²) in [5.41, 5.74) is 0.504. The number of ether oxygens (including phenoxy) is 1. The molecule has 1 aromatic rings. The molecule has 0 spiro atoms. The molecule has 0 unspecified atom stereocenters. The molecule has 0 radical (unpaired) electrons. The quantitative estimate of drug-likeness (QED) is 0.563. The van der Waals surface area contributed by atoms with E-state index in [9.17, 15) is 20.0 Å². The number of aliphatic carboxylic acids is 1. The summed E-state index contributed by atoms with van der Waals surface area (Å²) in [7, 11) is 1.36. The first-order valence-electron chi connectivity index (χ1n) is 6.68. The molecule has 0 saturated carbocycles. The van der Waals surface area contributed by atoms with Gasteiger partial charge in [-0.1, -0.05) is 26.3 Å². The van der Waals surface area contributed by atoms with Crippen molar-refractivity contribution in [3.63, 3.8) is 0 Å². The minimum Gasteiger partial charge on any atom is -0.490 e. The van der Waals surface area contributed by atoms with Crippen LogP contribution in [0.2, 0.25) is 0 Å². The number of carboxylic acids is 1. The van der Waals surface area contributed by atoms with Gasteiger partial charge in [0.15, 0.2) is 5.75 Å². The molecule has 0 aromatic heterocycles. The molecule has 0 heterocycles. The molecule has 0 aliphatic carbocycles. The maximum atomic E-state index is 11.2. The van der Waals surface area contributed by atoms with Crippen LogP contribution in [0, 0.1) is 16.0 Å². The van der Waals surface area contributed by atoms with E-state index in [1.165, 1.54) is 19.2 Å². The zero-order valence-corrected chi connectivity index (χ0v) is 12.3. The van der Waals surface area contributed by atoms with E-state index in [-0.39, 0.29) is 23.9 Å². The standard InChI is InChI=1S/C14H20N2O5/c1-4-9(2)13(14(17)18)15-8-10-5-6-12(21-3)11(7-10)16(19)20/h5-7,9,13,15H,4,8H2,1-3H3,(H,17,18)/t9-,13-/m0/s1. The molecule has 7 nitrogen and oxygen atoms in total. The van der Waals surface area contributed by atoms with E-state index >= 15 is 0 Å². The van der Waals surface area contributed by atoms with Crippen LogP contribution in [0.4, 0.5) is 5.69 Å². The molecule has 2 N–H and O–H groups in total. The highest BCUT2D eigenvalue weighted by molar-refractivity contribution is 5.73. The van der Waals surface area contributed by atoms with E-state index in [0.29, 0.717) is 5.56 Å². The number of benzene rings is 1. The van der Waals surface area contributed by atoms with Gasteiger partial charge in [0.1, 0.15) is 6.04 Å². The van der Waals surface area contributed by atoms with Gasteiger partial charge in [-0.05, 0) is 17.5 Å². The lowest BCUT2D eigenvalue weighted by molar-refractivity contribution is -0.385. The highest BCUT2D eigenvalue weighted by Gasteiger charge is 2.23. The first kappa shape index (κ1) is 16.9. The summed E-state index contributed by atoms with van der Waals surface area (Å²) < 4.78 is 4.92. The van der Waals surface area contributed by atoms with Crippen molar-refractivity contribution in [2.45, 2.75) is 32.9 Å². The average molecular weight is 296 g/mol. The van der Waals surface area contributed by atoms with Crippen LogP contribution in [-0.4, -0.2) is 29.2 Å². The lowest BCUT2D eigenvalue weighted by Gasteiger charge is -2.20. The molecule has 0 fully saturated rings. The number of nitrogens with one attached hydrogen (secondary N) is 1. The molecule has 2 atom stereocenters. The molecule has 1 aromatic carbocycles. The summed E-state index contributed by atoms with van der Waals surface area (Å²) in [6, 6.07) is 3.89. The lowest BCUT2D eigenvalue weighted by atomic mass is 9.99. The molecule has 7 heteroatoms. The molecule has 116 valence electrons. The fraction of sp³-hybridized carbons (Fsp3) is 0.500. The predicted molar refractivity (Wildman–Crippen MR) is 77.4 cm³/mol. The van der Waals surface area contributed by atoms with Gasteiger partial charge >= 0.3 is 11.7 Å². The van der Waals surface area contributed by atoms with Crippen LogP contribution in [0.5, 0.6) is 5.75 Å². The van der Waals surface area contributed by atoms with E-state index in [4.69, 9.17) is 4.74 Å². The topological polar surface area (TPSA) is 102 Å². The lowest BCUT2D eigenvalue weighted by Crippen LogP contribution is -2.41. The molecular formula is C14H20N2O5. The molecule has 21 heavy (non-hydrogen) atoms. The smallest absolute Gasteiger partial charge is 0.320 e. The maximum Gasteiger partial charge on any atom is 0.320 e. The van der Waals surface area contributed by atoms with Gasteiger partial charge in [-0.25, -0.2) is 0 Å². The molecule has 0 amide bonds. The number of carboxylic acid groups (broad SMARTS) is 1. The van der Waals surface area contributed by atoms with Crippen molar-refractivity contribution in [1.82, 2.24) is 5.32 Å². The van der Waals surface area contributed by atoms with Gasteiger partial charge in [0, 0.05) is 12.6 Å². The predicted octanol–water partition coefficient (Wildman–Crippen LogP) is 2.19. The minimum atomic E-state index is -0.924. The zero-order chi connectivity index (χ0) is 16.0. The highest BCUT2D eigenvalue weighted by atomic mass is 16.6. The summed E-state index contributed by atoms with van der Waals surface area (Å²) in [6.07, 6.45) is 0.729. The second-order valence-corrected chi connectivity index (χ2v) is 4.85. The van der Waals surface area contributed by atoms with Crippen LogP contribution in [-0.2, 0) is 11.3 Å². The van der Waals surface area contributed by atoms with Crippen LogP contribution < -0.4 is 10.1 Å². The first-order chi connectivity index (χ1) is 9.90. The minimum absolute atomic E-state index is 0.0317. The highest BCUT2D eigenvalue weighted by Crippen LogP contribution is 2.27. The third-order valence-electron chi connectivity index (χ3n) is 3.45. The average Bonchev–Trinajstić information content (AvgIpc) is 2.46. The Morgan fingerprint density at radius 2 is 2.19 bits per heavy atom. The van der Waals surface area contributed by atoms with E-state index in [0.717, 1.165) is 6.42 Å². The second kappa shape index (κ2) is 7.58. The van der Waals surface area contributed by atoms with Crippen LogP contribution in [0.3, 0.4) is 0 Å². The largest absolute Gasteiger partial charge is 0.490 e. The van der Waals surface area contributed by atoms with Crippen molar-refractivity contribution in [3.8, 4) is 5.75 Å². The Balaban J connectivity index is 2.86. The molecule has 0 aliphatic heterocycles. The Labute approximate surface area is 123 Å². The maximum absolute atomic E-state index is 11.2. The molecular weight excluding hydrogens is 276 g/mol. The Morgan fingerprint density at radius 3 is 2.67 bits per heavy atom. The van der Waals surface area contributed by atoms with Crippen LogP contribution >= 0.6 is 0 Å². The van der Waals surface area contributed by atoms with Crippen molar-refractivity contribution in [2.24, 2.45) is 5.92 Å². The van der Waals surface area contributed by atoms with Crippen molar-refractivity contribution in [3.05, 3.63) is 33.9 Å². The fourth-order valence-electron chi connectivity index (χ4n) is 1.98. The van der Waals surface area contributed by atoms with E-state index in [2.05, 4.69) is 5.32 Å². The second-order valence-electron chi connectivity index (χ2n) is 4.85. The number of nitro benzene ring substituents is 1. The van der Waals surface area contributed by atoms with Gasteiger partial charge in [0.25, 0.3) is 0 Å². The monoisotopic (exact) mass is 296 g/mol. The normalized spacial score (nSPS) is 13.5. The van der Waals surface area contributed by atoms with E-state index in [1.807, 2.05) is 13.8 Å². The Morgan fingerprint density at radius 1 is 1.52 bits per heavy atom. The fourth-order valence-corrected chi connectivity index (χ4v) is 1.98. The summed E-state index contributed by atoms with van der Waals surface area (Å²) in [5.74, 6) is -0.774. The van der Waals surface area contributed by atoms with Gasteiger partial charge in [-0.3, -0.25) is 14.9 Å². The number of methoxy groups -OCH3 is 1. The summed E-state index contributed by atoms with van der Waals surface area (Å²) >= 11 is 0. The Bertz CT molecular complexity index is 518. The van der Waals surface area contributed by atoms with Crippen molar-refractivity contribution in [1.29, 1.82) is 0 Å². The van der Waals surface area contributed by atoms with Gasteiger partial charge in [-0.2, -0.15) is 0 Å². The summed E-state index contributed by atoms with van der Waals surface area (Å²) in [4.78, 5) is 21.6. The number of nitro groups is 1. The number of rotatable bonds is 8. The van der Waals surface area contributed by atoms with Crippen LogP contribution in [0.1, 0.15) is 25.8 Å². The summed E-state index contributed by atoms with van der Waals surface area (Å²) in [6.45, 7) is 4.01. The first-order valence-corrected chi connectivity index (χ1v) is 6.68. The number of hydrogen-bond donors (Lipinski definition) is 2. The van der Waals surface area contributed by atoms with Gasteiger partial charge in [0.2, 0.25) is 0 Å². The van der Waals surface area contributed by atoms with Crippen LogP contribution in [0.15, 0.2) is 18.2 Å². The Kier molecular flexibility index (Phi) is 6.10. The van der Waals surface area contributed by atoms with Crippen molar-refractivity contribution in [2.75, 3.05) is 7.11 Å². The van der Waals surface area contributed by atoms with Gasteiger partial charge < -0.3 is 15.2 Å². The van der Waals surface area contributed by atoms with Gasteiger partial charge in [0.05, 0.1) is 12.0 Å². The zero-order valence-electron chi connectivity index (χ0n) is 12.3. The third kappa shape index (κ3) is 4.42. The molecule has 0 bridgehead atoms. The van der Waals surface area contributed by atoms with Gasteiger partial charge in [-0.15, -0.1) is 0 Å². The molecule has 0 saturated heterocycles. The third-order valence-corrected chi connectivity index (χ3v) is 3.45.